The predicted molar refractivity (Wildman–Crippen MR) is 53.2 cm³/mol. The highest BCUT2D eigenvalue weighted by molar-refractivity contribution is 5.36. The molecule has 0 unspecified atom stereocenters. The van der Waals surface area contributed by atoms with Gasteiger partial charge in [0.15, 0.2) is 0 Å². The molecule has 0 N–H and O–H groups in total. The molecule has 1 aromatic rings. The van der Waals surface area contributed by atoms with Crippen LogP contribution in [0, 0.1) is 11.3 Å². The van der Waals surface area contributed by atoms with Crippen LogP contribution in [0.25, 0.3) is 0 Å². The van der Waals surface area contributed by atoms with E-state index in [1.807, 2.05) is 32.0 Å². The van der Waals surface area contributed by atoms with E-state index in [0.29, 0.717) is 12.2 Å². The molecular formula is C11H15NO. The number of hydrogen-bond acceptors (Lipinski definition) is 2. The molecule has 2 heteroatoms. The van der Waals surface area contributed by atoms with Gasteiger partial charge in [-0.2, -0.15) is 5.26 Å². The zero-order valence-electron chi connectivity index (χ0n) is 8.37. The summed E-state index contributed by atoms with van der Waals surface area (Å²) in [6.45, 7) is 4.50. The lowest BCUT2D eigenvalue weighted by Gasteiger charge is -1.99. The Morgan fingerprint density at radius 3 is 2.46 bits per heavy atom. The summed E-state index contributed by atoms with van der Waals surface area (Å²) in [5.41, 5.74) is 1.63. The molecule has 0 aromatic heterocycles. The summed E-state index contributed by atoms with van der Waals surface area (Å²) in [7, 11) is 1.62. The first-order valence-corrected chi connectivity index (χ1v) is 4.35. The molecule has 0 bridgehead atoms. The van der Waals surface area contributed by atoms with Gasteiger partial charge in [-0.05, 0) is 11.6 Å². The van der Waals surface area contributed by atoms with Gasteiger partial charge in [-0.25, -0.2) is 0 Å². The number of nitriles is 1. The predicted octanol–water partition coefficient (Wildman–Crippen LogP) is 2.73. The Bertz CT molecular complexity index is 276. The van der Waals surface area contributed by atoms with E-state index in [0.717, 1.165) is 5.56 Å². The standard InChI is InChI=1S/C9H9NO.C2H6/c1-11-7-9-5-3-2-4-8(9)6-10;1-2/h2-5H,7H2,1H3;1-2H3. The molecule has 0 aliphatic heterocycles. The maximum atomic E-state index is 8.64. The van der Waals surface area contributed by atoms with Crippen molar-refractivity contribution in [2.75, 3.05) is 7.11 Å². The molecule has 1 aromatic carbocycles. The molecule has 0 saturated carbocycles. The van der Waals surface area contributed by atoms with Crippen molar-refractivity contribution in [1.82, 2.24) is 0 Å². The average Bonchev–Trinajstić information content (AvgIpc) is 2.22. The van der Waals surface area contributed by atoms with Gasteiger partial charge in [0.1, 0.15) is 0 Å². The lowest BCUT2D eigenvalue weighted by atomic mass is 10.1. The van der Waals surface area contributed by atoms with Crippen LogP contribution < -0.4 is 0 Å². The largest absolute Gasteiger partial charge is 0.380 e. The first-order chi connectivity index (χ1) is 6.38. The van der Waals surface area contributed by atoms with Crippen LogP contribution in [0.15, 0.2) is 24.3 Å². The zero-order chi connectivity index (χ0) is 10.1. The smallest absolute Gasteiger partial charge is 0.0995 e. The van der Waals surface area contributed by atoms with Crippen molar-refractivity contribution in [2.45, 2.75) is 20.5 Å². The van der Waals surface area contributed by atoms with Gasteiger partial charge in [0, 0.05) is 7.11 Å². The maximum absolute atomic E-state index is 8.64. The molecule has 0 amide bonds. The molecule has 0 spiro atoms. The normalized spacial score (nSPS) is 8.15. The number of hydrogen-bond donors (Lipinski definition) is 0. The number of ether oxygens (including phenoxy) is 1. The minimum absolute atomic E-state index is 0.504. The van der Waals surface area contributed by atoms with E-state index in [1.54, 1.807) is 13.2 Å². The SMILES string of the molecule is CC.COCc1ccccc1C#N. The van der Waals surface area contributed by atoms with E-state index < -0.39 is 0 Å². The first-order valence-electron chi connectivity index (χ1n) is 4.35. The monoisotopic (exact) mass is 177 g/mol. The molecule has 1 rings (SSSR count). The Balaban J connectivity index is 0.000000671. The second-order valence-corrected chi connectivity index (χ2v) is 2.20. The van der Waals surface area contributed by atoms with Crippen LogP contribution in [0.4, 0.5) is 0 Å². The summed E-state index contributed by atoms with van der Waals surface area (Å²) in [4.78, 5) is 0. The number of nitrogens with zero attached hydrogens (tertiary/aromatic N) is 1. The van der Waals surface area contributed by atoms with E-state index >= 15 is 0 Å². The lowest BCUT2D eigenvalue weighted by molar-refractivity contribution is 0.184. The third kappa shape index (κ3) is 3.73. The van der Waals surface area contributed by atoms with E-state index in [4.69, 9.17) is 10.00 Å². The van der Waals surface area contributed by atoms with Crippen LogP contribution >= 0.6 is 0 Å². The summed E-state index contributed by atoms with van der Waals surface area (Å²) in [5, 5.41) is 8.64. The molecule has 2 nitrogen and oxygen atoms in total. The van der Waals surface area contributed by atoms with E-state index in [-0.39, 0.29) is 0 Å². The van der Waals surface area contributed by atoms with Crippen LogP contribution in [0.5, 0.6) is 0 Å². The van der Waals surface area contributed by atoms with Gasteiger partial charge in [-0.1, -0.05) is 32.0 Å². The topological polar surface area (TPSA) is 33.0 Å². The fraction of sp³-hybridized carbons (Fsp3) is 0.364. The van der Waals surface area contributed by atoms with Gasteiger partial charge in [0.25, 0.3) is 0 Å². The summed E-state index contributed by atoms with van der Waals surface area (Å²) in [6.07, 6.45) is 0. The van der Waals surface area contributed by atoms with Crippen molar-refractivity contribution < 1.29 is 4.74 Å². The minimum Gasteiger partial charge on any atom is -0.380 e. The molecule has 0 heterocycles. The first kappa shape index (κ1) is 11.7. The molecule has 0 aliphatic carbocycles. The molecule has 0 aliphatic rings. The molecule has 0 radical (unpaired) electrons. The van der Waals surface area contributed by atoms with Crippen LogP contribution in [-0.2, 0) is 11.3 Å². The molecule has 0 atom stereocenters. The van der Waals surface area contributed by atoms with Crippen LogP contribution in [0.2, 0.25) is 0 Å². The second kappa shape index (κ2) is 7.33. The third-order valence-electron chi connectivity index (χ3n) is 1.44. The maximum Gasteiger partial charge on any atom is 0.0995 e. The van der Waals surface area contributed by atoms with Crippen molar-refractivity contribution in [2.24, 2.45) is 0 Å². The van der Waals surface area contributed by atoms with Gasteiger partial charge >= 0.3 is 0 Å². The van der Waals surface area contributed by atoms with E-state index in [1.165, 1.54) is 0 Å². The highest BCUT2D eigenvalue weighted by Gasteiger charge is 1.97. The van der Waals surface area contributed by atoms with E-state index in [9.17, 15) is 0 Å². The van der Waals surface area contributed by atoms with Crippen molar-refractivity contribution >= 4 is 0 Å². The number of benzene rings is 1. The Kier molecular flexibility index (Phi) is 6.58. The number of methoxy groups -OCH3 is 1. The van der Waals surface area contributed by atoms with Gasteiger partial charge in [-0.3, -0.25) is 0 Å². The quantitative estimate of drug-likeness (QED) is 0.695. The van der Waals surface area contributed by atoms with Gasteiger partial charge in [-0.15, -0.1) is 0 Å². The molecule has 0 fully saturated rings. The summed E-state index contributed by atoms with van der Waals surface area (Å²) in [5.74, 6) is 0. The molecule has 13 heavy (non-hydrogen) atoms. The lowest BCUT2D eigenvalue weighted by Crippen LogP contribution is -1.90. The van der Waals surface area contributed by atoms with Gasteiger partial charge in [0.05, 0.1) is 18.2 Å². The fourth-order valence-electron chi connectivity index (χ4n) is 0.911. The number of rotatable bonds is 2. The van der Waals surface area contributed by atoms with Crippen molar-refractivity contribution in [3.8, 4) is 6.07 Å². The van der Waals surface area contributed by atoms with Crippen LogP contribution in [-0.4, -0.2) is 7.11 Å². The minimum atomic E-state index is 0.504. The summed E-state index contributed by atoms with van der Waals surface area (Å²) in [6, 6.07) is 9.52. The average molecular weight is 177 g/mol. The van der Waals surface area contributed by atoms with Crippen LogP contribution in [0.3, 0.4) is 0 Å². The van der Waals surface area contributed by atoms with E-state index in [2.05, 4.69) is 6.07 Å². The van der Waals surface area contributed by atoms with Crippen LogP contribution in [0.1, 0.15) is 25.0 Å². The van der Waals surface area contributed by atoms with Gasteiger partial charge < -0.3 is 4.74 Å². The zero-order valence-corrected chi connectivity index (χ0v) is 8.37. The van der Waals surface area contributed by atoms with Gasteiger partial charge in [0.2, 0.25) is 0 Å². The highest BCUT2D eigenvalue weighted by atomic mass is 16.5. The Morgan fingerprint density at radius 2 is 1.92 bits per heavy atom. The fourth-order valence-corrected chi connectivity index (χ4v) is 0.911. The molecule has 70 valence electrons. The van der Waals surface area contributed by atoms with Crippen molar-refractivity contribution in [3.05, 3.63) is 35.4 Å². The van der Waals surface area contributed by atoms with Crippen molar-refractivity contribution in [3.63, 3.8) is 0 Å². The highest BCUT2D eigenvalue weighted by Crippen LogP contribution is 2.07. The Labute approximate surface area is 79.8 Å². The second-order valence-electron chi connectivity index (χ2n) is 2.20. The summed E-state index contributed by atoms with van der Waals surface area (Å²) < 4.78 is 4.92. The Morgan fingerprint density at radius 1 is 1.31 bits per heavy atom. The summed E-state index contributed by atoms with van der Waals surface area (Å²) >= 11 is 0. The molecular weight excluding hydrogens is 162 g/mol. The molecule has 0 saturated heterocycles. The Hall–Kier alpha value is -1.33. The van der Waals surface area contributed by atoms with Crippen molar-refractivity contribution in [1.29, 1.82) is 5.26 Å². The third-order valence-corrected chi connectivity index (χ3v) is 1.44.